The molecule has 0 radical (unpaired) electrons. The topological polar surface area (TPSA) is 108 Å². The summed E-state index contributed by atoms with van der Waals surface area (Å²) < 4.78 is 73.4. The first-order chi connectivity index (χ1) is 25.6. The minimum atomic E-state index is -4.56. The highest BCUT2D eigenvalue weighted by Gasteiger charge is 2.30. The average molecular weight is 746 g/mol. The van der Waals surface area contributed by atoms with Crippen LogP contribution >= 0.6 is 11.3 Å². The predicted octanol–water partition coefficient (Wildman–Crippen LogP) is 7.94. The van der Waals surface area contributed by atoms with E-state index in [1.54, 1.807) is 19.2 Å². The van der Waals surface area contributed by atoms with Crippen molar-refractivity contribution in [2.75, 3.05) is 38.2 Å². The number of thiophene rings is 1. The number of hydrogen-bond donors (Lipinski definition) is 1. The fourth-order valence-corrected chi connectivity index (χ4v) is 6.84. The summed E-state index contributed by atoms with van der Waals surface area (Å²) in [6.45, 7) is 5.79. The number of halogens is 4. The summed E-state index contributed by atoms with van der Waals surface area (Å²) in [6.07, 6.45) is 0.161. The lowest BCUT2D eigenvalue weighted by atomic mass is 10.1. The fourth-order valence-electron chi connectivity index (χ4n) is 5.79. The Balaban J connectivity index is 1.08. The number of amides is 1. The van der Waals surface area contributed by atoms with Crippen molar-refractivity contribution in [1.29, 1.82) is 0 Å². The maximum absolute atomic E-state index is 15.5. The number of nitrogens with zero attached hydrogens (tertiary/aromatic N) is 4. The third kappa shape index (κ3) is 7.91. The quantitative estimate of drug-likeness (QED) is 0.141. The van der Waals surface area contributed by atoms with Crippen LogP contribution < -0.4 is 20.3 Å². The Bertz CT molecular complexity index is 2320. The van der Waals surface area contributed by atoms with E-state index in [0.29, 0.717) is 16.0 Å². The zero-order valence-corrected chi connectivity index (χ0v) is 29.0. The van der Waals surface area contributed by atoms with E-state index in [2.05, 4.69) is 20.2 Å². The molecule has 1 fully saturated rings. The van der Waals surface area contributed by atoms with Crippen molar-refractivity contribution < 1.29 is 36.6 Å². The zero-order valence-electron chi connectivity index (χ0n) is 28.2. The van der Waals surface area contributed by atoms with Gasteiger partial charge in [0.25, 0.3) is 11.5 Å². The molecule has 6 aromatic rings. The van der Waals surface area contributed by atoms with Crippen LogP contribution in [0.4, 0.5) is 23.2 Å². The Morgan fingerprint density at radius 1 is 0.962 bits per heavy atom. The van der Waals surface area contributed by atoms with Crippen LogP contribution in [0, 0.1) is 5.82 Å². The van der Waals surface area contributed by atoms with Gasteiger partial charge in [-0.15, -0.1) is 11.3 Å². The number of hydrogen-bond acceptors (Lipinski definition) is 9. The number of anilines is 1. The van der Waals surface area contributed by atoms with Gasteiger partial charge in [-0.2, -0.15) is 13.2 Å². The van der Waals surface area contributed by atoms with Crippen LogP contribution in [0.15, 0.2) is 96.2 Å². The second kappa shape index (κ2) is 15.1. The summed E-state index contributed by atoms with van der Waals surface area (Å²) in [4.78, 5) is 39.2. The van der Waals surface area contributed by atoms with Gasteiger partial charge in [-0.3, -0.25) is 29.0 Å². The van der Waals surface area contributed by atoms with Crippen molar-refractivity contribution in [2.45, 2.75) is 19.6 Å². The highest BCUT2D eigenvalue weighted by atomic mass is 32.1. The van der Waals surface area contributed by atoms with Crippen LogP contribution in [0.1, 0.15) is 28.4 Å². The van der Waals surface area contributed by atoms with Crippen molar-refractivity contribution in [3.63, 3.8) is 0 Å². The smallest absolute Gasteiger partial charge is 0.416 e. The zero-order chi connectivity index (χ0) is 37.1. The molecule has 0 aliphatic carbocycles. The van der Waals surface area contributed by atoms with E-state index in [9.17, 15) is 22.8 Å². The molecule has 0 atom stereocenters. The molecule has 53 heavy (non-hydrogen) atoms. The first-order valence-electron chi connectivity index (χ1n) is 16.6. The Kier molecular flexibility index (Phi) is 10.2. The summed E-state index contributed by atoms with van der Waals surface area (Å²) in [6, 6.07) is 16.6. The van der Waals surface area contributed by atoms with E-state index in [4.69, 9.17) is 14.2 Å². The van der Waals surface area contributed by atoms with Crippen LogP contribution in [0.2, 0.25) is 0 Å². The molecule has 1 aliphatic heterocycles. The van der Waals surface area contributed by atoms with Gasteiger partial charge in [-0.1, -0.05) is 6.07 Å². The molecule has 1 amide bonds. The lowest BCUT2D eigenvalue weighted by molar-refractivity contribution is -0.137. The molecule has 1 aliphatic rings. The first kappa shape index (κ1) is 35.7. The molecule has 7 rings (SSSR count). The van der Waals surface area contributed by atoms with Gasteiger partial charge in [0, 0.05) is 61.7 Å². The standard InChI is InChI=1S/C38H31F4N5O5S/c1-2-51-31-12-14-47(26-7-4-24(5-8-26)38(40,41)42)37(49)34(31)36(48)45-25-6-10-30(27(39)19-25)52-32-11-13-43-29-20-33(53-35(29)32)28-9-3-23(21-44-28)22-46-15-17-50-18-16-46/h3-14,19-21H,2,15-18,22H2,1H3,(H,45,48). The molecule has 4 aromatic heterocycles. The molecule has 1 N–H and O–H groups in total. The first-order valence-corrected chi connectivity index (χ1v) is 17.4. The minimum Gasteiger partial charge on any atom is -0.493 e. The van der Waals surface area contributed by atoms with Gasteiger partial charge in [-0.05, 0) is 67.1 Å². The highest BCUT2D eigenvalue weighted by molar-refractivity contribution is 7.22. The third-order valence-electron chi connectivity index (χ3n) is 8.43. The number of benzene rings is 2. The maximum atomic E-state index is 15.5. The molecular weight excluding hydrogens is 715 g/mol. The van der Waals surface area contributed by atoms with Crippen molar-refractivity contribution in [1.82, 2.24) is 19.4 Å². The molecule has 0 saturated carbocycles. The molecule has 2 aromatic carbocycles. The monoisotopic (exact) mass is 745 g/mol. The fraction of sp³-hybridized carbons (Fsp3) is 0.211. The van der Waals surface area contributed by atoms with Crippen molar-refractivity contribution in [3.8, 4) is 33.5 Å². The molecule has 0 spiro atoms. The molecular formula is C38H31F4N5O5S. The van der Waals surface area contributed by atoms with Crippen molar-refractivity contribution in [2.24, 2.45) is 0 Å². The predicted molar refractivity (Wildman–Crippen MR) is 192 cm³/mol. The van der Waals surface area contributed by atoms with Gasteiger partial charge >= 0.3 is 6.18 Å². The molecule has 0 unspecified atom stereocenters. The summed E-state index contributed by atoms with van der Waals surface area (Å²) in [5.74, 6) is -1.48. The summed E-state index contributed by atoms with van der Waals surface area (Å²) in [5.41, 5.74) is 0.502. The van der Waals surface area contributed by atoms with Gasteiger partial charge in [0.05, 0.1) is 46.2 Å². The number of carbonyl (C=O) groups is 1. The largest absolute Gasteiger partial charge is 0.493 e. The minimum absolute atomic E-state index is 0.0214. The molecule has 5 heterocycles. The SMILES string of the molecule is CCOc1ccn(-c2ccc(C(F)(F)F)cc2)c(=O)c1C(=O)Nc1ccc(Oc2ccnc3cc(-c4ccc(CN5CCOCC5)cn4)sc23)c(F)c1. The van der Waals surface area contributed by atoms with Gasteiger partial charge in [0.2, 0.25) is 0 Å². The summed E-state index contributed by atoms with van der Waals surface area (Å²) in [7, 11) is 0. The van der Waals surface area contributed by atoms with E-state index in [-0.39, 0.29) is 29.5 Å². The molecule has 15 heteroatoms. The van der Waals surface area contributed by atoms with Crippen LogP contribution in [0.3, 0.4) is 0 Å². The molecule has 10 nitrogen and oxygen atoms in total. The number of ether oxygens (including phenoxy) is 3. The van der Waals surface area contributed by atoms with Gasteiger partial charge < -0.3 is 19.5 Å². The number of carbonyl (C=O) groups excluding carboxylic acids is 1. The summed E-state index contributed by atoms with van der Waals surface area (Å²) in [5, 5.41) is 2.52. The normalized spacial score (nSPS) is 13.6. The Morgan fingerprint density at radius 2 is 1.75 bits per heavy atom. The van der Waals surface area contributed by atoms with Crippen LogP contribution in [-0.2, 0) is 17.5 Å². The lowest BCUT2D eigenvalue weighted by Crippen LogP contribution is -2.35. The third-order valence-corrected chi connectivity index (χ3v) is 9.59. The second-order valence-corrected chi connectivity index (χ2v) is 13.0. The van der Waals surface area contributed by atoms with E-state index in [1.165, 1.54) is 35.7 Å². The van der Waals surface area contributed by atoms with E-state index in [1.807, 2.05) is 24.4 Å². The number of aromatic nitrogens is 3. The van der Waals surface area contributed by atoms with Gasteiger partial charge in [0.1, 0.15) is 17.1 Å². The Morgan fingerprint density at radius 3 is 2.45 bits per heavy atom. The number of alkyl halides is 3. The van der Waals surface area contributed by atoms with E-state index >= 15 is 4.39 Å². The van der Waals surface area contributed by atoms with Crippen LogP contribution in [0.5, 0.6) is 17.2 Å². The Hall–Kier alpha value is -5.64. The van der Waals surface area contributed by atoms with Gasteiger partial charge in [0.15, 0.2) is 11.6 Å². The second-order valence-electron chi connectivity index (χ2n) is 12.0. The molecule has 272 valence electrons. The summed E-state index contributed by atoms with van der Waals surface area (Å²) >= 11 is 1.41. The molecule has 1 saturated heterocycles. The Labute approximate surface area is 304 Å². The average Bonchev–Trinajstić information content (AvgIpc) is 3.59. The maximum Gasteiger partial charge on any atom is 0.416 e. The van der Waals surface area contributed by atoms with Crippen LogP contribution in [-0.4, -0.2) is 58.3 Å². The van der Waals surface area contributed by atoms with Crippen molar-refractivity contribution in [3.05, 3.63) is 124 Å². The highest BCUT2D eigenvalue weighted by Crippen LogP contribution is 2.39. The number of pyridine rings is 3. The van der Waals surface area contributed by atoms with Gasteiger partial charge in [-0.25, -0.2) is 4.39 Å². The number of rotatable bonds is 10. The van der Waals surface area contributed by atoms with E-state index in [0.717, 1.165) is 83.9 Å². The number of morpholine rings is 1. The van der Waals surface area contributed by atoms with Crippen LogP contribution in [0.25, 0.3) is 26.5 Å². The number of nitrogens with one attached hydrogen (secondary N) is 1. The van der Waals surface area contributed by atoms with E-state index < -0.39 is 34.6 Å². The van der Waals surface area contributed by atoms with Crippen molar-refractivity contribution >= 4 is 33.1 Å². The molecule has 0 bridgehead atoms. The lowest BCUT2D eigenvalue weighted by Gasteiger charge is -2.26. The number of fused-ring (bicyclic) bond motifs is 1.